The van der Waals surface area contributed by atoms with Crippen LogP contribution < -0.4 is 10.1 Å². The van der Waals surface area contributed by atoms with Gasteiger partial charge in [-0.05, 0) is 37.9 Å². The SMILES string of the molecule is CNC(CCCc1ccccc1)C1COc2ccccc21. The molecule has 2 aromatic carbocycles. The summed E-state index contributed by atoms with van der Waals surface area (Å²) < 4.78 is 5.82. The van der Waals surface area contributed by atoms with Crippen LogP contribution in [-0.2, 0) is 6.42 Å². The molecule has 110 valence electrons. The summed E-state index contributed by atoms with van der Waals surface area (Å²) in [5.41, 5.74) is 2.78. The lowest BCUT2D eigenvalue weighted by molar-refractivity contribution is 0.295. The summed E-state index contributed by atoms with van der Waals surface area (Å²) in [6.07, 6.45) is 3.52. The van der Waals surface area contributed by atoms with Gasteiger partial charge in [-0.15, -0.1) is 0 Å². The summed E-state index contributed by atoms with van der Waals surface area (Å²) in [6.45, 7) is 0.802. The smallest absolute Gasteiger partial charge is 0.122 e. The number of para-hydroxylation sites is 1. The highest BCUT2D eigenvalue weighted by Crippen LogP contribution is 2.36. The number of ether oxygens (including phenoxy) is 1. The first-order valence-electron chi connectivity index (χ1n) is 7.81. The molecule has 0 aliphatic carbocycles. The standard InChI is InChI=1S/C19H23NO/c1-20-18(12-7-10-15-8-3-2-4-9-15)17-14-21-19-13-6-5-11-16(17)19/h2-6,8-9,11,13,17-18,20H,7,10,12,14H2,1H3. The van der Waals surface area contributed by atoms with Gasteiger partial charge in [-0.2, -0.15) is 0 Å². The van der Waals surface area contributed by atoms with Crippen LogP contribution in [0, 0.1) is 0 Å². The molecule has 0 fully saturated rings. The summed E-state index contributed by atoms with van der Waals surface area (Å²) in [4.78, 5) is 0. The molecule has 21 heavy (non-hydrogen) atoms. The Morgan fingerprint density at radius 2 is 1.86 bits per heavy atom. The van der Waals surface area contributed by atoms with Crippen LogP contribution in [0.5, 0.6) is 5.75 Å². The fourth-order valence-electron chi connectivity index (χ4n) is 3.24. The van der Waals surface area contributed by atoms with Gasteiger partial charge in [-0.3, -0.25) is 0 Å². The van der Waals surface area contributed by atoms with E-state index in [1.807, 2.05) is 6.07 Å². The number of hydrogen-bond donors (Lipinski definition) is 1. The monoisotopic (exact) mass is 281 g/mol. The van der Waals surface area contributed by atoms with Gasteiger partial charge in [0.2, 0.25) is 0 Å². The zero-order valence-electron chi connectivity index (χ0n) is 12.6. The van der Waals surface area contributed by atoms with Gasteiger partial charge < -0.3 is 10.1 Å². The molecular formula is C19H23NO. The van der Waals surface area contributed by atoms with Crippen molar-refractivity contribution in [2.75, 3.05) is 13.7 Å². The molecule has 1 aliphatic rings. The lowest BCUT2D eigenvalue weighted by Crippen LogP contribution is -2.33. The average molecular weight is 281 g/mol. The first kappa shape index (κ1) is 14.2. The molecule has 2 heteroatoms. The van der Waals surface area contributed by atoms with Gasteiger partial charge in [0.15, 0.2) is 0 Å². The number of benzene rings is 2. The second kappa shape index (κ2) is 6.77. The Kier molecular flexibility index (Phi) is 4.56. The Morgan fingerprint density at radius 1 is 1.10 bits per heavy atom. The van der Waals surface area contributed by atoms with E-state index < -0.39 is 0 Å². The Hall–Kier alpha value is -1.80. The number of aryl methyl sites for hydroxylation is 1. The van der Waals surface area contributed by atoms with Gasteiger partial charge in [-0.1, -0.05) is 48.5 Å². The van der Waals surface area contributed by atoms with Crippen LogP contribution in [0.3, 0.4) is 0 Å². The van der Waals surface area contributed by atoms with Crippen molar-refractivity contribution >= 4 is 0 Å². The summed E-state index contributed by atoms with van der Waals surface area (Å²) >= 11 is 0. The van der Waals surface area contributed by atoms with E-state index in [0.29, 0.717) is 12.0 Å². The van der Waals surface area contributed by atoms with E-state index in [1.165, 1.54) is 24.0 Å². The van der Waals surface area contributed by atoms with Crippen LogP contribution in [0.15, 0.2) is 54.6 Å². The van der Waals surface area contributed by atoms with Crippen molar-refractivity contribution in [3.05, 3.63) is 65.7 Å². The highest BCUT2D eigenvalue weighted by molar-refractivity contribution is 5.40. The second-order valence-corrected chi connectivity index (χ2v) is 5.73. The summed E-state index contributed by atoms with van der Waals surface area (Å²) in [7, 11) is 2.06. The Labute approximate surface area is 127 Å². The number of hydrogen-bond acceptors (Lipinski definition) is 2. The highest BCUT2D eigenvalue weighted by atomic mass is 16.5. The molecule has 0 saturated heterocycles. The van der Waals surface area contributed by atoms with Crippen LogP contribution in [0.1, 0.15) is 29.9 Å². The molecule has 1 heterocycles. The molecule has 2 unspecified atom stereocenters. The summed E-state index contributed by atoms with van der Waals surface area (Å²) in [5.74, 6) is 1.53. The number of fused-ring (bicyclic) bond motifs is 1. The molecule has 2 nitrogen and oxygen atoms in total. The second-order valence-electron chi connectivity index (χ2n) is 5.73. The normalized spacial score (nSPS) is 18.0. The van der Waals surface area contributed by atoms with Crippen molar-refractivity contribution < 1.29 is 4.74 Å². The quantitative estimate of drug-likeness (QED) is 0.870. The molecule has 1 N–H and O–H groups in total. The predicted octanol–water partition coefficient (Wildman–Crippen LogP) is 3.77. The minimum absolute atomic E-state index is 0.474. The molecule has 0 bridgehead atoms. The third-order valence-corrected chi connectivity index (χ3v) is 4.42. The highest BCUT2D eigenvalue weighted by Gasteiger charge is 2.29. The lowest BCUT2D eigenvalue weighted by atomic mass is 9.89. The summed E-state index contributed by atoms with van der Waals surface area (Å²) in [6, 6.07) is 19.6. The number of rotatable bonds is 6. The van der Waals surface area contributed by atoms with Crippen LogP contribution in [0.2, 0.25) is 0 Å². The van der Waals surface area contributed by atoms with Crippen molar-refractivity contribution in [2.24, 2.45) is 0 Å². The first-order valence-corrected chi connectivity index (χ1v) is 7.81. The molecule has 2 atom stereocenters. The minimum Gasteiger partial charge on any atom is -0.493 e. The van der Waals surface area contributed by atoms with Crippen LogP contribution in [0.4, 0.5) is 0 Å². The average Bonchev–Trinajstić information content (AvgIpc) is 2.97. The van der Waals surface area contributed by atoms with Crippen LogP contribution in [0.25, 0.3) is 0 Å². The fourth-order valence-corrected chi connectivity index (χ4v) is 3.24. The molecule has 3 rings (SSSR count). The largest absolute Gasteiger partial charge is 0.493 e. The van der Waals surface area contributed by atoms with E-state index in [-0.39, 0.29) is 0 Å². The van der Waals surface area contributed by atoms with Crippen molar-refractivity contribution in [1.82, 2.24) is 5.32 Å². The van der Waals surface area contributed by atoms with Crippen LogP contribution >= 0.6 is 0 Å². The fraction of sp³-hybridized carbons (Fsp3) is 0.368. The van der Waals surface area contributed by atoms with E-state index in [0.717, 1.165) is 18.8 Å². The van der Waals surface area contributed by atoms with Gasteiger partial charge in [0.05, 0.1) is 6.61 Å². The molecule has 0 aromatic heterocycles. The van der Waals surface area contributed by atoms with E-state index >= 15 is 0 Å². The molecule has 0 saturated carbocycles. The van der Waals surface area contributed by atoms with Gasteiger partial charge in [-0.25, -0.2) is 0 Å². The maximum absolute atomic E-state index is 5.82. The molecule has 0 spiro atoms. The maximum atomic E-state index is 5.82. The molecular weight excluding hydrogens is 258 g/mol. The third-order valence-electron chi connectivity index (χ3n) is 4.42. The van der Waals surface area contributed by atoms with Crippen LogP contribution in [-0.4, -0.2) is 19.7 Å². The van der Waals surface area contributed by atoms with E-state index in [9.17, 15) is 0 Å². The number of likely N-dealkylation sites (N-methyl/N-ethyl adjacent to an activating group) is 1. The van der Waals surface area contributed by atoms with Gasteiger partial charge >= 0.3 is 0 Å². The lowest BCUT2D eigenvalue weighted by Gasteiger charge is -2.22. The third kappa shape index (κ3) is 3.27. The molecule has 0 amide bonds. The molecule has 2 aromatic rings. The van der Waals surface area contributed by atoms with Crippen molar-refractivity contribution in [3.63, 3.8) is 0 Å². The molecule has 0 radical (unpaired) electrons. The first-order chi connectivity index (χ1) is 10.4. The maximum Gasteiger partial charge on any atom is 0.122 e. The van der Waals surface area contributed by atoms with Gasteiger partial charge in [0.1, 0.15) is 5.75 Å². The summed E-state index contributed by atoms with van der Waals surface area (Å²) in [5, 5.41) is 3.49. The van der Waals surface area contributed by atoms with Gasteiger partial charge in [0.25, 0.3) is 0 Å². The van der Waals surface area contributed by atoms with Gasteiger partial charge in [0, 0.05) is 17.5 Å². The van der Waals surface area contributed by atoms with Crippen molar-refractivity contribution in [1.29, 1.82) is 0 Å². The van der Waals surface area contributed by atoms with Crippen molar-refractivity contribution in [3.8, 4) is 5.75 Å². The Morgan fingerprint density at radius 3 is 2.67 bits per heavy atom. The zero-order valence-corrected chi connectivity index (χ0v) is 12.6. The molecule has 1 aliphatic heterocycles. The Balaban J connectivity index is 1.59. The zero-order chi connectivity index (χ0) is 14.5. The number of nitrogens with one attached hydrogen (secondary N) is 1. The van der Waals surface area contributed by atoms with E-state index in [4.69, 9.17) is 4.74 Å². The Bertz CT molecular complexity index is 567. The topological polar surface area (TPSA) is 21.3 Å². The minimum atomic E-state index is 0.474. The van der Waals surface area contributed by atoms with Crippen molar-refractivity contribution in [2.45, 2.75) is 31.2 Å². The predicted molar refractivity (Wildman–Crippen MR) is 86.9 cm³/mol. The van der Waals surface area contributed by atoms with E-state index in [2.05, 4.69) is 60.9 Å². The van der Waals surface area contributed by atoms with E-state index in [1.54, 1.807) is 0 Å².